The quantitative estimate of drug-likeness (QED) is 0.474. The molecular weight excluding hydrogens is 408 g/mol. The molecule has 3 heterocycles. The Morgan fingerprint density at radius 1 is 1.39 bits per heavy atom. The Morgan fingerprint density at radius 2 is 2.23 bits per heavy atom. The van der Waals surface area contributed by atoms with E-state index in [2.05, 4.69) is 29.0 Å². The molecular formula is C24H30N4O2S. The number of nitrogens with zero attached hydrogens (tertiary/aromatic N) is 3. The van der Waals surface area contributed by atoms with Crippen LogP contribution in [0.4, 0.5) is 5.95 Å². The molecule has 1 aromatic carbocycles. The average molecular weight is 439 g/mol. The van der Waals surface area contributed by atoms with Gasteiger partial charge in [0.2, 0.25) is 5.95 Å². The lowest BCUT2D eigenvalue weighted by molar-refractivity contribution is 0.0699. The van der Waals surface area contributed by atoms with Gasteiger partial charge in [-0.05, 0) is 68.5 Å². The zero-order chi connectivity index (χ0) is 22.0. The maximum Gasteiger partial charge on any atom is 0.336 e. The van der Waals surface area contributed by atoms with Crippen LogP contribution in [0, 0.1) is 18.8 Å². The monoisotopic (exact) mass is 438 g/mol. The number of fused-ring (bicyclic) bond motifs is 1. The van der Waals surface area contributed by atoms with Crippen LogP contribution in [0.3, 0.4) is 0 Å². The summed E-state index contributed by atoms with van der Waals surface area (Å²) in [6.45, 7) is 11.0. The van der Waals surface area contributed by atoms with Crippen molar-refractivity contribution in [3.63, 3.8) is 0 Å². The van der Waals surface area contributed by atoms with Crippen LogP contribution in [0.2, 0.25) is 0 Å². The highest BCUT2D eigenvalue weighted by Gasteiger charge is 2.24. The highest BCUT2D eigenvalue weighted by atomic mass is 32.1. The van der Waals surface area contributed by atoms with Crippen LogP contribution in [0.5, 0.6) is 0 Å². The van der Waals surface area contributed by atoms with Crippen molar-refractivity contribution in [3.05, 3.63) is 41.6 Å². The van der Waals surface area contributed by atoms with Gasteiger partial charge in [0, 0.05) is 29.4 Å². The maximum atomic E-state index is 11.5. The van der Waals surface area contributed by atoms with E-state index >= 15 is 0 Å². The molecule has 0 saturated carbocycles. The molecule has 2 aromatic heterocycles. The summed E-state index contributed by atoms with van der Waals surface area (Å²) in [4.78, 5) is 24.2. The number of hydrogen-bond donors (Lipinski definition) is 2. The van der Waals surface area contributed by atoms with Gasteiger partial charge in [-0.15, -0.1) is 11.3 Å². The fourth-order valence-corrected chi connectivity index (χ4v) is 5.40. The van der Waals surface area contributed by atoms with Gasteiger partial charge in [-0.3, -0.25) is 0 Å². The predicted octanol–water partition coefficient (Wildman–Crippen LogP) is 5.14. The first kappa shape index (κ1) is 21.7. The van der Waals surface area contributed by atoms with Crippen molar-refractivity contribution in [3.8, 4) is 10.6 Å². The van der Waals surface area contributed by atoms with Gasteiger partial charge in [0.05, 0.1) is 16.1 Å². The summed E-state index contributed by atoms with van der Waals surface area (Å²) < 4.78 is 0.952. The van der Waals surface area contributed by atoms with Crippen molar-refractivity contribution >= 4 is 33.3 Å². The second-order valence-electron chi connectivity index (χ2n) is 8.73. The second kappa shape index (κ2) is 9.32. The summed E-state index contributed by atoms with van der Waals surface area (Å²) >= 11 is 1.56. The molecule has 1 aliphatic heterocycles. The summed E-state index contributed by atoms with van der Waals surface area (Å²) in [5, 5.41) is 13.6. The second-order valence-corrected chi connectivity index (χ2v) is 9.82. The molecule has 4 rings (SSSR count). The van der Waals surface area contributed by atoms with Gasteiger partial charge in [0.25, 0.3) is 0 Å². The Bertz CT molecular complexity index is 1080. The lowest BCUT2D eigenvalue weighted by atomic mass is 9.95. The molecule has 0 bridgehead atoms. The van der Waals surface area contributed by atoms with Crippen molar-refractivity contribution < 1.29 is 9.90 Å². The fourth-order valence-electron chi connectivity index (χ4n) is 4.25. The molecule has 0 radical (unpaired) electrons. The van der Waals surface area contributed by atoms with Crippen LogP contribution < -0.4 is 5.32 Å². The van der Waals surface area contributed by atoms with Gasteiger partial charge < -0.3 is 15.3 Å². The molecule has 0 amide bonds. The standard InChI is InChI=1S/C24H30N4O2S/c1-15(2)17-8-11-28(14-17)10-5-9-25-24-26-13-16(3)22(27-24)21-12-19-18(23(29)30)6-4-7-20(19)31-21/h4,6-7,12-13,15,17H,5,8-11,14H2,1-3H3,(H,29,30)(H,25,26,27)/t17-/m0/s1. The Hall–Kier alpha value is -2.51. The lowest BCUT2D eigenvalue weighted by Gasteiger charge is -2.17. The molecule has 1 saturated heterocycles. The highest BCUT2D eigenvalue weighted by molar-refractivity contribution is 7.22. The molecule has 6 nitrogen and oxygen atoms in total. The van der Waals surface area contributed by atoms with E-state index in [1.807, 2.05) is 25.3 Å². The first-order valence-corrected chi connectivity index (χ1v) is 11.8. The van der Waals surface area contributed by atoms with Gasteiger partial charge >= 0.3 is 5.97 Å². The van der Waals surface area contributed by atoms with Crippen molar-refractivity contribution in [1.82, 2.24) is 14.9 Å². The first-order chi connectivity index (χ1) is 14.9. The normalized spacial score (nSPS) is 17.0. The minimum Gasteiger partial charge on any atom is -0.478 e. The Morgan fingerprint density at radius 3 is 2.97 bits per heavy atom. The van der Waals surface area contributed by atoms with Crippen LogP contribution in [-0.4, -0.2) is 52.1 Å². The number of aromatic carboxylic acids is 1. The number of carboxylic acids is 1. The molecule has 31 heavy (non-hydrogen) atoms. The van der Waals surface area contributed by atoms with Crippen molar-refractivity contribution in [2.45, 2.75) is 33.6 Å². The number of anilines is 1. The van der Waals surface area contributed by atoms with E-state index in [0.717, 1.165) is 57.6 Å². The van der Waals surface area contributed by atoms with E-state index in [9.17, 15) is 9.90 Å². The summed E-state index contributed by atoms with van der Waals surface area (Å²) in [7, 11) is 0. The summed E-state index contributed by atoms with van der Waals surface area (Å²) in [6.07, 6.45) is 4.21. The minimum atomic E-state index is -0.908. The number of hydrogen-bond acceptors (Lipinski definition) is 6. The van der Waals surface area contributed by atoms with E-state index in [-0.39, 0.29) is 0 Å². The Balaban J connectivity index is 1.42. The molecule has 7 heteroatoms. The number of benzene rings is 1. The lowest BCUT2D eigenvalue weighted by Crippen LogP contribution is -2.24. The van der Waals surface area contributed by atoms with Gasteiger partial charge in [-0.25, -0.2) is 14.8 Å². The van der Waals surface area contributed by atoms with E-state index < -0.39 is 5.97 Å². The van der Waals surface area contributed by atoms with Gasteiger partial charge in [-0.2, -0.15) is 0 Å². The third kappa shape index (κ3) is 4.88. The summed E-state index contributed by atoms with van der Waals surface area (Å²) in [5.74, 6) is 1.31. The van der Waals surface area contributed by atoms with E-state index in [1.165, 1.54) is 19.5 Å². The zero-order valence-electron chi connectivity index (χ0n) is 18.4. The highest BCUT2D eigenvalue weighted by Crippen LogP contribution is 2.36. The average Bonchev–Trinajstić information content (AvgIpc) is 3.39. The van der Waals surface area contributed by atoms with Gasteiger partial charge in [-0.1, -0.05) is 19.9 Å². The number of rotatable bonds is 8. The van der Waals surface area contributed by atoms with Crippen LogP contribution in [-0.2, 0) is 0 Å². The number of likely N-dealkylation sites (tertiary alicyclic amines) is 1. The van der Waals surface area contributed by atoms with Crippen molar-refractivity contribution in [2.24, 2.45) is 11.8 Å². The molecule has 2 N–H and O–H groups in total. The molecule has 3 aromatic rings. The zero-order valence-corrected chi connectivity index (χ0v) is 19.2. The number of carboxylic acid groups (broad SMARTS) is 1. The van der Waals surface area contributed by atoms with E-state index in [4.69, 9.17) is 4.98 Å². The number of nitrogens with one attached hydrogen (secondary N) is 1. The first-order valence-electron chi connectivity index (χ1n) is 11.0. The molecule has 0 aliphatic carbocycles. The molecule has 1 atom stereocenters. The predicted molar refractivity (Wildman–Crippen MR) is 127 cm³/mol. The Kier molecular flexibility index (Phi) is 6.53. The largest absolute Gasteiger partial charge is 0.478 e. The molecule has 164 valence electrons. The van der Waals surface area contributed by atoms with E-state index in [1.54, 1.807) is 23.5 Å². The van der Waals surface area contributed by atoms with Gasteiger partial charge in [0.15, 0.2) is 0 Å². The van der Waals surface area contributed by atoms with Crippen LogP contribution >= 0.6 is 11.3 Å². The summed E-state index contributed by atoms with van der Waals surface area (Å²) in [5.41, 5.74) is 2.16. The number of aryl methyl sites for hydroxylation is 1. The SMILES string of the molecule is Cc1cnc(NCCCN2CC[C@H](C(C)C)C2)nc1-c1cc2c(C(=O)O)cccc2s1. The number of thiophene rings is 1. The minimum absolute atomic E-state index is 0.326. The number of carbonyl (C=O) groups is 1. The van der Waals surface area contributed by atoms with E-state index in [0.29, 0.717) is 11.5 Å². The molecule has 1 fully saturated rings. The van der Waals surface area contributed by atoms with Crippen molar-refractivity contribution in [1.29, 1.82) is 0 Å². The Labute approximate surface area is 187 Å². The maximum absolute atomic E-state index is 11.5. The molecule has 0 spiro atoms. The van der Waals surface area contributed by atoms with Gasteiger partial charge in [0.1, 0.15) is 0 Å². The third-order valence-electron chi connectivity index (χ3n) is 6.18. The van der Waals surface area contributed by atoms with Crippen molar-refractivity contribution in [2.75, 3.05) is 31.5 Å². The topological polar surface area (TPSA) is 78.4 Å². The van der Waals surface area contributed by atoms with Crippen LogP contribution in [0.25, 0.3) is 20.7 Å². The molecule has 0 unspecified atom stereocenters. The number of aromatic nitrogens is 2. The van der Waals surface area contributed by atoms with Crippen LogP contribution in [0.15, 0.2) is 30.5 Å². The third-order valence-corrected chi connectivity index (χ3v) is 7.29. The van der Waals surface area contributed by atoms with Crippen LogP contribution in [0.1, 0.15) is 42.6 Å². The fraction of sp³-hybridized carbons (Fsp3) is 0.458. The molecule has 1 aliphatic rings. The summed E-state index contributed by atoms with van der Waals surface area (Å²) in [6, 6.07) is 7.31. The smallest absolute Gasteiger partial charge is 0.336 e.